The van der Waals surface area contributed by atoms with E-state index in [4.69, 9.17) is 81.5 Å². The second kappa shape index (κ2) is 55.5. The summed E-state index contributed by atoms with van der Waals surface area (Å²) in [6.45, 7) is 12.3. The Morgan fingerprint density at radius 3 is 1.22 bits per heavy atom. The van der Waals surface area contributed by atoms with Crippen molar-refractivity contribution < 1.29 is 114 Å². The van der Waals surface area contributed by atoms with Crippen LogP contribution >= 0.6 is 0 Å². The van der Waals surface area contributed by atoms with E-state index in [1.165, 1.54) is 44.6 Å². The Kier molecular flexibility index (Phi) is 45.2. The van der Waals surface area contributed by atoms with Gasteiger partial charge in [-0.3, -0.25) is 38.4 Å². The fourth-order valence-electron chi connectivity index (χ4n) is 9.94. The van der Waals surface area contributed by atoms with Crippen molar-refractivity contribution in [1.29, 1.82) is 0 Å². The molecular formula is C73H111N17O24. The zero-order valence-corrected chi connectivity index (χ0v) is 65.8. The highest BCUT2D eigenvalue weighted by Gasteiger charge is 2.22. The molecule has 0 radical (unpaired) electrons. The summed E-state index contributed by atoms with van der Waals surface area (Å²) in [5.41, 5.74) is 7.38. The zero-order valence-electron chi connectivity index (χ0n) is 65.8. The second-order valence-electron chi connectivity index (χ2n) is 24.7. The third kappa shape index (κ3) is 38.2. The average Bonchev–Trinajstić information content (AvgIpc) is 1.69. The van der Waals surface area contributed by atoms with Gasteiger partial charge in [-0.1, -0.05) is 0 Å². The molecule has 8 amide bonds. The Bertz CT molecular complexity index is 3820. The lowest BCUT2D eigenvalue weighted by Crippen LogP contribution is -2.33. The zero-order chi connectivity index (χ0) is 81.8. The fourth-order valence-corrected chi connectivity index (χ4v) is 9.94. The highest BCUT2D eigenvalue weighted by molar-refractivity contribution is 6.05. The van der Waals surface area contributed by atoms with Crippen LogP contribution in [0.3, 0.4) is 0 Å². The lowest BCUT2D eigenvalue weighted by Gasteiger charge is -2.14. The largest absolute Gasteiger partial charge is 0.487 e. The topological polar surface area (TPSA) is 470 Å². The van der Waals surface area contributed by atoms with Gasteiger partial charge in [0.2, 0.25) is 35.3 Å². The first-order chi connectivity index (χ1) is 55.4. The number of nitrogens with two attached hydrogens (primary N) is 1. The SMILES string of the molecule is COCCOCCOCCOCCOCCOCCOc1cc(N)ccc1OCCOCCOCCOCCOCCOCCOCCOCCOCCNC(=O)CCNC(=O)c1nc(NC(=O)CCNC(=O)c2cc(NC(=O)c3nc(NC(=O)CCC(=O)Nc4cc(NC(=O)c5nccn5C)cn4C)cn3C)cn2C)cn1C. The molecule has 0 aliphatic rings. The van der Waals surface area contributed by atoms with Crippen molar-refractivity contribution in [3.8, 4) is 11.5 Å². The number of carbonyl (C=O) groups excluding carboxylic acids is 8. The first kappa shape index (κ1) is 92.9. The van der Waals surface area contributed by atoms with E-state index in [2.05, 4.69) is 57.5 Å². The predicted molar refractivity (Wildman–Crippen MR) is 413 cm³/mol. The summed E-state index contributed by atoms with van der Waals surface area (Å²) in [6.07, 6.45) is 8.59. The number of benzene rings is 1. The Morgan fingerprint density at radius 1 is 0.351 bits per heavy atom. The molecule has 5 heterocycles. The first-order valence-corrected chi connectivity index (χ1v) is 37.2. The fraction of sp³-hybridized carbons (Fsp3) is 0.575. The van der Waals surface area contributed by atoms with Crippen LogP contribution in [-0.2, 0) is 121 Å². The molecule has 0 saturated heterocycles. The molecule has 0 atom stereocenters. The van der Waals surface area contributed by atoms with E-state index in [1.54, 1.807) is 88.1 Å². The highest BCUT2D eigenvalue weighted by Crippen LogP contribution is 2.29. The van der Waals surface area contributed by atoms with Crippen LogP contribution in [0.2, 0.25) is 0 Å². The molecule has 1 aromatic carbocycles. The van der Waals surface area contributed by atoms with E-state index in [-0.39, 0.29) is 98.3 Å². The molecule has 0 saturated carbocycles. The number of methoxy groups -OCH3 is 1. The van der Waals surface area contributed by atoms with Crippen molar-refractivity contribution in [2.45, 2.75) is 25.7 Å². The van der Waals surface area contributed by atoms with Gasteiger partial charge in [-0.2, -0.15) is 0 Å². The van der Waals surface area contributed by atoms with E-state index >= 15 is 0 Å². The lowest BCUT2D eigenvalue weighted by atomic mass is 10.3. The molecular weight excluding hydrogens is 1500 g/mol. The van der Waals surface area contributed by atoms with Gasteiger partial charge in [0.1, 0.15) is 24.7 Å². The van der Waals surface area contributed by atoms with Crippen molar-refractivity contribution in [2.75, 3.05) is 251 Å². The Labute approximate surface area is 661 Å². The third-order valence-electron chi connectivity index (χ3n) is 15.6. The lowest BCUT2D eigenvalue weighted by molar-refractivity contribution is -0.121. The molecule has 41 heteroatoms. The van der Waals surface area contributed by atoms with E-state index < -0.39 is 41.4 Å². The number of amides is 8. The van der Waals surface area contributed by atoms with Gasteiger partial charge in [-0.05, 0) is 18.2 Å². The maximum atomic E-state index is 13.3. The molecule has 6 aromatic rings. The number of nitrogens with one attached hydrogen (secondary N) is 8. The monoisotopic (exact) mass is 1610 g/mol. The number of aryl methyl sites for hydroxylation is 5. The van der Waals surface area contributed by atoms with Crippen LogP contribution in [0.4, 0.5) is 34.5 Å². The second-order valence-corrected chi connectivity index (χ2v) is 24.7. The van der Waals surface area contributed by atoms with Crippen LogP contribution in [0, 0.1) is 0 Å². The van der Waals surface area contributed by atoms with Crippen molar-refractivity contribution in [1.82, 2.24) is 53.7 Å². The summed E-state index contributed by atoms with van der Waals surface area (Å²) in [5.74, 6) is -2.23. The van der Waals surface area contributed by atoms with Crippen LogP contribution < -0.4 is 57.7 Å². The van der Waals surface area contributed by atoms with Crippen molar-refractivity contribution >= 4 is 81.8 Å². The third-order valence-corrected chi connectivity index (χ3v) is 15.6. The minimum absolute atomic E-state index is 0.00518. The average molecular weight is 1610 g/mol. The summed E-state index contributed by atoms with van der Waals surface area (Å²) in [4.78, 5) is 115. The standard InChI is InChI=1S/C73H111N17O24/c1-86-17-15-76-67(86)72(97)80-56-49-62(88(3)51-56)85-65(93)10-9-64(92)81-60-53-90(5)69(84-60)73(98)79-55-48-57(87(2)50-55)70(95)77-14-12-66(94)82-61-52-89(4)68(83-61)71(96)78-13-11-63(91)75-16-18-100-21-22-102-25-26-104-29-30-106-31-32-107-33-34-108-35-37-109-39-41-111-43-45-113-58-8-7-54(74)47-59(58)114-46-44-112-42-40-110-38-36-105-28-27-103-24-23-101-20-19-99-6/h7-8,15,17,47-53H,9-14,16,18-46,74H2,1-6H3,(H,75,91)(H,77,95)(H,78,96)(H,79,98)(H,80,97)(H,81,92)(H,82,94)(H,85,93). The van der Waals surface area contributed by atoms with Gasteiger partial charge in [0.05, 0.1) is 190 Å². The minimum atomic E-state index is -0.647. The van der Waals surface area contributed by atoms with E-state index in [0.717, 1.165) is 0 Å². The molecule has 632 valence electrons. The van der Waals surface area contributed by atoms with Gasteiger partial charge in [0.15, 0.2) is 29.0 Å². The number of carbonyl (C=O) groups is 8. The Hall–Kier alpha value is -9.99. The molecule has 41 nitrogen and oxygen atoms in total. The summed E-state index contributed by atoms with van der Waals surface area (Å²) in [7, 11) is 9.71. The minimum Gasteiger partial charge on any atom is -0.487 e. The molecule has 0 aliphatic carbocycles. The number of nitrogens with zero attached hydrogens (tertiary/aromatic N) is 8. The van der Waals surface area contributed by atoms with Crippen LogP contribution in [0.15, 0.2) is 67.5 Å². The Balaban J connectivity index is 0.663. The number of hydrogen-bond donors (Lipinski definition) is 9. The van der Waals surface area contributed by atoms with Crippen LogP contribution in [-0.4, -0.2) is 303 Å². The summed E-state index contributed by atoms with van der Waals surface area (Å²) >= 11 is 0. The molecule has 0 spiro atoms. The van der Waals surface area contributed by atoms with Gasteiger partial charge in [0.25, 0.3) is 23.6 Å². The number of ether oxygens (including phenoxy) is 16. The van der Waals surface area contributed by atoms with Gasteiger partial charge in [-0.15, -0.1) is 0 Å². The summed E-state index contributed by atoms with van der Waals surface area (Å²) in [5, 5.41) is 21.3. The van der Waals surface area contributed by atoms with Crippen LogP contribution in [0.1, 0.15) is 68.0 Å². The molecule has 5 aromatic heterocycles. The molecule has 0 aliphatic heterocycles. The van der Waals surface area contributed by atoms with Gasteiger partial charge >= 0.3 is 0 Å². The Morgan fingerprint density at radius 2 is 0.746 bits per heavy atom. The highest BCUT2D eigenvalue weighted by atomic mass is 16.6. The number of nitrogen functional groups attached to an aromatic ring is 1. The van der Waals surface area contributed by atoms with Crippen molar-refractivity contribution in [2.24, 2.45) is 35.2 Å². The van der Waals surface area contributed by atoms with Crippen LogP contribution in [0.5, 0.6) is 11.5 Å². The first-order valence-electron chi connectivity index (χ1n) is 37.2. The maximum Gasteiger partial charge on any atom is 0.291 e. The quantitative estimate of drug-likeness (QED) is 0.0192. The normalized spacial score (nSPS) is 11.2. The van der Waals surface area contributed by atoms with Crippen LogP contribution in [0.25, 0.3) is 0 Å². The van der Waals surface area contributed by atoms with E-state index in [9.17, 15) is 38.4 Å². The number of aromatic nitrogens is 8. The number of anilines is 6. The van der Waals surface area contributed by atoms with Crippen molar-refractivity contribution in [3.63, 3.8) is 0 Å². The predicted octanol–water partition coefficient (Wildman–Crippen LogP) is 1.32. The maximum absolute atomic E-state index is 13.3. The number of hydrogen-bond acceptors (Lipinski definition) is 28. The van der Waals surface area contributed by atoms with Gasteiger partial charge in [-0.25, -0.2) is 15.0 Å². The molecule has 10 N–H and O–H groups in total. The van der Waals surface area contributed by atoms with Gasteiger partial charge in [0, 0.05) is 143 Å². The summed E-state index contributed by atoms with van der Waals surface area (Å²) in [6, 6.07) is 8.20. The summed E-state index contributed by atoms with van der Waals surface area (Å²) < 4.78 is 96.0. The molecule has 0 fully saturated rings. The smallest absolute Gasteiger partial charge is 0.291 e. The van der Waals surface area contributed by atoms with E-state index in [0.29, 0.717) is 214 Å². The van der Waals surface area contributed by atoms with Gasteiger partial charge < -0.3 is 147 Å². The molecule has 0 unspecified atom stereocenters. The molecule has 114 heavy (non-hydrogen) atoms. The van der Waals surface area contributed by atoms with Crippen molar-refractivity contribution in [3.05, 3.63) is 90.7 Å². The molecule has 6 rings (SSSR count). The molecule has 0 bridgehead atoms. The number of rotatable bonds is 65. The van der Waals surface area contributed by atoms with E-state index in [1.807, 2.05) is 0 Å². The number of imidazole rings is 3.